The van der Waals surface area contributed by atoms with Crippen molar-refractivity contribution in [3.05, 3.63) is 69.1 Å². The first-order valence-electron chi connectivity index (χ1n) is 11.1. The minimum Gasteiger partial charge on any atom is -0.425 e. The van der Waals surface area contributed by atoms with Gasteiger partial charge < -0.3 is 9.15 Å². The number of sulfonamides is 1. The molecule has 1 aliphatic rings. The fourth-order valence-electron chi connectivity index (χ4n) is 4.25. The lowest BCUT2D eigenvalue weighted by atomic mass is 10.0. The van der Waals surface area contributed by atoms with Crippen molar-refractivity contribution >= 4 is 27.0 Å². The highest BCUT2D eigenvalue weighted by molar-refractivity contribution is 7.89. The largest absolute Gasteiger partial charge is 0.425 e. The van der Waals surface area contributed by atoms with Crippen molar-refractivity contribution in [3.63, 3.8) is 0 Å². The number of aryl methyl sites for hydroxylation is 3. The summed E-state index contributed by atoms with van der Waals surface area (Å²) in [5, 5.41) is 0.609. The topological polar surface area (TPSA) is 103 Å². The van der Waals surface area contributed by atoms with Gasteiger partial charge in [-0.25, -0.2) is 18.0 Å². The first-order chi connectivity index (χ1) is 15.7. The minimum atomic E-state index is -3.91. The molecule has 1 heterocycles. The number of rotatable bonds is 7. The number of esters is 1. The summed E-state index contributed by atoms with van der Waals surface area (Å²) in [5.41, 5.74) is 3.18. The summed E-state index contributed by atoms with van der Waals surface area (Å²) < 4.78 is 39.5. The lowest BCUT2D eigenvalue weighted by molar-refractivity contribution is -0.136. The number of ether oxygens (including phenoxy) is 1. The molecule has 174 valence electrons. The molecule has 8 heteroatoms. The summed E-state index contributed by atoms with van der Waals surface area (Å²) in [6.07, 6.45) is 3.01. The molecule has 33 heavy (non-hydrogen) atoms. The summed E-state index contributed by atoms with van der Waals surface area (Å²) >= 11 is 0. The maximum absolute atomic E-state index is 13.1. The predicted octanol–water partition coefficient (Wildman–Crippen LogP) is 3.95. The fraction of sp³-hybridized carbons (Fsp3) is 0.360. The van der Waals surface area contributed by atoms with Crippen LogP contribution in [0.15, 0.2) is 50.5 Å². The second-order valence-corrected chi connectivity index (χ2v) is 10.2. The van der Waals surface area contributed by atoms with Gasteiger partial charge in [0.15, 0.2) is 0 Å². The fourth-order valence-corrected chi connectivity index (χ4v) is 5.47. The van der Waals surface area contributed by atoms with Crippen molar-refractivity contribution in [2.24, 2.45) is 0 Å². The van der Waals surface area contributed by atoms with Gasteiger partial charge in [-0.15, -0.1) is 0 Å². The van der Waals surface area contributed by atoms with Crippen LogP contribution in [0.3, 0.4) is 0 Å². The molecule has 0 saturated heterocycles. The van der Waals surface area contributed by atoms with E-state index in [0.29, 0.717) is 35.8 Å². The molecule has 0 amide bonds. The van der Waals surface area contributed by atoms with Crippen molar-refractivity contribution < 1.29 is 22.4 Å². The molecule has 1 N–H and O–H groups in total. The van der Waals surface area contributed by atoms with Crippen molar-refractivity contribution in [3.8, 4) is 5.75 Å². The van der Waals surface area contributed by atoms with Gasteiger partial charge in [0.1, 0.15) is 17.4 Å². The Bertz CT molecular complexity index is 1370. The summed E-state index contributed by atoms with van der Waals surface area (Å²) in [6.45, 7) is 5.55. The maximum atomic E-state index is 13.1. The number of fused-ring (bicyclic) bond motifs is 3. The third-order valence-electron chi connectivity index (χ3n) is 5.88. The Balaban J connectivity index is 1.68. The first-order valence-corrected chi connectivity index (χ1v) is 12.6. The second kappa shape index (κ2) is 9.11. The third-order valence-corrected chi connectivity index (χ3v) is 7.37. The van der Waals surface area contributed by atoms with E-state index in [-0.39, 0.29) is 22.7 Å². The van der Waals surface area contributed by atoms with E-state index in [2.05, 4.69) is 4.72 Å². The lowest BCUT2D eigenvalue weighted by Crippen LogP contribution is -2.42. The van der Waals surface area contributed by atoms with Gasteiger partial charge in [-0.2, -0.15) is 4.72 Å². The molecule has 0 radical (unpaired) electrons. The molecule has 0 bridgehead atoms. The van der Waals surface area contributed by atoms with Crippen LogP contribution in [0.25, 0.3) is 11.0 Å². The average molecular weight is 470 g/mol. The molecule has 0 aliphatic heterocycles. The van der Waals surface area contributed by atoms with Gasteiger partial charge in [-0.3, -0.25) is 0 Å². The highest BCUT2D eigenvalue weighted by atomic mass is 32.2. The number of nitrogens with one attached hydrogen (secondary N) is 1. The normalized spacial score (nSPS) is 14.3. The average Bonchev–Trinajstić information content (AvgIpc) is 3.23. The van der Waals surface area contributed by atoms with Crippen molar-refractivity contribution in [2.75, 3.05) is 0 Å². The molecular weight excluding hydrogens is 442 g/mol. The summed E-state index contributed by atoms with van der Waals surface area (Å²) in [6, 6.07) is 8.83. The standard InChI is InChI=1S/C25H27NO6S/c1-4-6-20(26-33(29,30)17-11-9-15(2)10-12-17)25(28)32-22-14-16(3)13-21-23(22)18-7-5-8-19(18)24(27)31-21/h9-14,20,26H,4-8H2,1-3H3/t20-/m1/s1. The van der Waals surface area contributed by atoms with Crippen molar-refractivity contribution in [1.82, 2.24) is 4.72 Å². The highest BCUT2D eigenvalue weighted by Gasteiger charge is 2.29. The summed E-state index contributed by atoms with van der Waals surface area (Å²) in [4.78, 5) is 25.6. The van der Waals surface area contributed by atoms with E-state index in [1.807, 2.05) is 20.8 Å². The van der Waals surface area contributed by atoms with E-state index < -0.39 is 22.0 Å². The maximum Gasteiger partial charge on any atom is 0.339 e. The number of carbonyl (C=O) groups excluding carboxylic acids is 1. The first kappa shape index (κ1) is 23.2. The minimum absolute atomic E-state index is 0.0857. The Morgan fingerprint density at radius 1 is 1.09 bits per heavy atom. The second-order valence-electron chi connectivity index (χ2n) is 8.53. The van der Waals surface area contributed by atoms with Crippen LogP contribution < -0.4 is 15.1 Å². The zero-order valence-electron chi connectivity index (χ0n) is 18.9. The van der Waals surface area contributed by atoms with Gasteiger partial charge in [0.05, 0.1) is 10.3 Å². The van der Waals surface area contributed by atoms with Crippen molar-refractivity contribution in [2.45, 2.75) is 63.8 Å². The SMILES string of the molecule is CCC[C@@H](NS(=O)(=O)c1ccc(C)cc1)C(=O)Oc1cc(C)cc2oc(=O)c3c(c12)CCC3. The van der Waals surface area contributed by atoms with E-state index >= 15 is 0 Å². The number of hydrogen-bond donors (Lipinski definition) is 1. The molecule has 1 atom stereocenters. The molecule has 0 unspecified atom stereocenters. The molecular formula is C25H27NO6S. The summed E-state index contributed by atoms with van der Waals surface area (Å²) in [7, 11) is -3.91. The Morgan fingerprint density at radius 2 is 1.79 bits per heavy atom. The van der Waals surface area contributed by atoms with Crippen LogP contribution in [-0.2, 0) is 27.7 Å². The Labute approximate surface area is 192 Å². The van der Waals surface area contributed by atoms with Gasteiger partial charge in [0.2, 0.25) is 10.0 Å². The van der Waals surface area contributed by atoms with Gasteiger partial charge in [-0.1, -0.05) is 31.0 Å². The predicted molar refractivity (Wildman–Crippen MR) is 125 cm³/mol. The van der Waals surface area contributed by atoms with Gasteiger partial charge >= 0.3 is 11.6 Å². The molecule has 3 aromatic rings. The molecule has 0 saturated carbocycles. The van der Waals surface area contributed by atoms with Crippen molar-refractivity contribution in [1.29, 1.82) is 0 Å². The molecule has 1 aromatic heterocycles. The van der Waals surface area contributed by atoms with Crippen LogP contribution in [0.1, 0.15) is 48.4 Å². The van der Waals surface area contributed by atoms with Gasteiger partial charge in [0, 0.05) is 5.56 Å². The molecule has 1 aliphatic carbocycles. The summed E-state index contributed by atoms with van der Waals surface area (Å²) in [5.74, 6) is -0.412. The Hall–Kier alpha value is -2.97. The van der Waals surface area contributed by atoms with Crippen LogP contribution in [-0.4, -0.2) is 20.4 Å². The van der Waals surface area contributed by atoms with Crippen LogP contribution in [0.4, 0.5) is 0 Å². The lowest BCUT2D eigenvalue weighted by Gasteiger charge is -2.18. The highest BCUT2D eigenvalue weighted by Crippen LogP contribution is 2.35. The van der Waals surface area contributed by atoms with E-state index in [4.69, 9.17) is 9.15 Å². The number of carbonyl (C=O) groups is 1. The zero-order valence-corrected chi connectivity index (χ0v) is 19.8. The molecule has 0 fully saturated rings. The Kier molecular flexibility index (Phi) is 6.41. The number of benzene rings is 2. The zero-order chi connectivity index (χ0) is 23.8. The van der Waals surface area contributed by atoms with E-state index in [0.717, 1.165) is 23.1 Å². The van der Waals surface area contributed by atoms with E-state index in [9.17, 15) is 18.0 Å². The number of hydrogen-bond acceptors (Lipinski definition) is 6. The van der Waals surface area contributed by atoms with Crippen LogP contribution in [0.5, 0.6) is 5.75 Å². The Morgan fingerprint density at radius 3 is 2.48 bits per heavy atom. The van der Waals surface area contributed by atoms with Gasteiger partial charge in [0.25, 0.3) is 0 Å². The van der Waals surface area contributed by atoms with Crippen LogP contribution in [0.2, 0.25) is 0 Å². The molecule has 4 rings (SSSR count). The molecule has 7 nitrogen and oxygen atoms in total. The smallest absolute Gasteiger partial charge is 0.339 e. The third kappa shape index (κ3) is 4.72. The molecule has 0 spiro atoms. The van der Waals surface area contributed by atoms with Gasteiger partial charge in [-0.05, 0) is 74.9 Å². The van der Waals surface area contributed by atoms with E-state index in [1.54, 1.807) is 24.3 Å². The monoisotopic (exact) mass is 469 g/mol. The van der Waals surface area contributed by atoms with E-state index in [1.165, 1.54) is 12.1 Å². The van der Waals surface area contributed by atoms with Crippen LogP contribution in [0, 0.1) is 13.8 Å². The quantitative estimate of drug-likeness (QED) is 0.319. The molecule has 2 aromatic carbocycles. The van der Waals surface area contributed by atoms with Crippen LogP contribution >= 0.6 is 0 Å².